The summed E-state index contributed by atoms with van der Waals surface area (Å²) in [4.78, 5) is 16.4. The van der Waals surface area contributed by atoms with E-state index in [1.54, 1.807) is 4.90 Å². The number of piperazine rings is 1. The lowest BCUT2D eigenvalue weighted by Gasteiger charge is -2.35. The fraction of sp³-hybridized carbons (Fsp3) is 0.368. The molecule has 8 nitrogen and oxygen atoms in total. The number of hydrogen-bond donors (Lipinski definition) is 1. The number of carboxylic acid groups (broad SMARTS) is 1. The number of halogens is 3. The molecule has 0 radical (unpaired) electrons. The fourth-order valence-electron chi connectivity index (χ4n) is 3.24. The van der Waals surface area contributed by atoms with Crippen molar-refractivity contribution in [2.24, 2.45) is 0 Å². The Balaban J connectivity index is 1.76. The summed E-state index contributed by atoms with van der Waals surface area (Å²) in [5.74, 6) is -0.668. The van der Waals surface area contributed by atoms with E-state index >= 15 is 0 Å². The number of ether oxygens (including phenoxy) is 1. The van der Waals surface area contributed by atoms with Crippen molar-refractivity contribution in [3.8, 4) is 5.75 Å². The summed E-state index contributed by atoms with van der Waals surface area (Å²) >= 11 is 0. The number of pyridine rings is 1. The van der Waals surface area contributed by atoms with E-state index in [9.17, 15) is 26.4 Å². The lowest BCUT2D eigenvalue weighted by Crippen LogP contribution is -2.49. The molecule has 1 aliphatic rings. The van der Waals surface area contributed by atoms with Crippen LogP contribution in [0.3, 0.4) is 0 Å². The zero-order valence-electron chi connectivity index (χ0n) is 16.5. The van der Waals surface area contributed by atoms with Crippen LogP contribution in [0.4, 0.5) is 19.0 Å². The third-order valence-corrected chi connectivity index (χ3v) is 6.76. The molecule has 0 aliphatic carbocycles. The van der Waals surface area contributed by atoms with Gasteiger partial charge < -0.3 is 14.7 Å². The van der Waals surface area contributed by atoms with E-state index in [0.717, 1.165) is 12.3 Å². The molecule has 0 unspecified atom stereocenters. The van der Waals surface area contributed by atoms with Gasteiger partial charge in [0, 0.05) is 32.4 Å². The zero-order valence-corrected chi connectivity index (χ0v) is 17.3. The van der Waals surface area contributed by atoms with Crippen LogP contribution in [0.15, 0.2) is 41.4 Å². The first-order chi connectivity index (χ1) is 14.5. The Bertz CT molecular complexity index is 1050. The molecule has 12 heteroatoms. The Labute approximate surface area is 176 Å². The maximum atomic E-state index is 13.1. The van der Waals surface area contributed by atoms with Crippen LogP contribution in [0, 0.1) is 0 Å². The molecule has 2 heterocycles. The summed E-state index contributed by atoms with van der Waals surface area (Å²) in [6.07, 6.45) is -4.07. The highest BCUT2D eigenvalue weighted by Crippen LogP contribution is 2.31. The standard InChI is InChI=1S/C19H20F3N3O5S/c1-30-15-4-2-13(11-18(26)27)10-16(15)31(28,29)25-8-6-24(7-9-25)17-5-3-14(12-23-17)19(20,21)22/h2-5,10,12H,6-9,11H2,1H3,(H,26,27). The first-order valence-corrected chi connectivity index (χ1v) is 10.6. The van der Waals surface area contributed by atoms with Crippen LogP contribution in [-0.4, -0.2) is 62.1 Å². The quantitative estimate of drug-likeness (QED) is 0.707. The number of aromatic nitrogens is 1. The largest absolute Gasteiger partial charge is 0.495 e. The molecule has 0 atom stereocenters. The minimum Gasteiger partial charge on any atom is -0.495 e. The molecule has 1 saturated heterocycles. The van der Waals surface area contributed by atoms with Crippen molar-refractivity contribution in [2.45, 2.75) is 17.5 Å². The van der Waals surface area contributed by atoms with Gasteiger partial charge in [-0.25, -0.2) is 13.4 Å². The van der Waals surface area contributed by atoms with Crippen LogP contribution in [0.1, 0.15) is 11.1 Å². The van der Waals surface area contributed by atoms with Gasteiger partial charge in [-0.2, -0.15) is 17.5 Å². The van der Waals surface area contributed by atoms with Gasteiger partial charge in [-0.3, -0.25) is 4.79 Å². The summed E-state index contributed by atoms with van der Waals surface area (Å²) in [7, 11) is -2.66. The highest BCUT2D eigenvalue weighted by atomic mass is 32.2. The predicted molar refractivity (Wildman–Crippen MR) is 105 cm³/mol. The van der Waals surface area contributed by atoms with Crippen LogP contribution in [0.5, 0.6) is 5.75 Å². The second kappa shape index (κ2) is 8.71. The minimum atomic E-state index is -4.48. The number of methoxy groups -OCH3 is 1. The van der Waals surface area contributed by atoms with E-state index in [2.05, 4.69) is 4.98 Å². The molecular weight excluding hydrogens is 439 g/mol. The number of carboxylic acids is 1. The molecule has 3 rings (SSSR count). The Kier molecular flexibility index (Phi) is 6.41. The Hall–Kier alpha value is -2.86. The normalized spacial score (nSPS) is 15.7. The number of rotatable bonds is 6. The van der Waals surface area contributed by atoms with Crippen molar-refractivity contribution in [1.29, 1.82) is 0 Å². The van der Waals surface area contributed by atoms with E-state index in [1.165, 1.54) is 35.7 Å². The average molecular weight is 459 g/mol. The Morgan fingerprint density at radius 2 is 1.84 bits per heavy atom. The van der Waals surface area contributed by atoms with Crippen LogP contribution in [0.2, 0.25) is 0 Å². The number of benzene rings is 1. The summed E-state index contributed by atoms with van der Waals surface area (Å²) < 4.78 is 70.8. The molecule has 31 heavy (non-hydrogen) atoms. The van der Waals surface area contributed by atoms with Gasteiger partial charge in [-0.1, -0.05) is 6.07 Å². The summed E-state index contributed by atoms with van der Waals surface area (Å²) in [5, 5.41) is 8.97. The number of carbonyl (C=O) groups is 1. The molecule has 168 valence electrons. The van der Waals surface area contributed by atoms with Gasteiger partial charge in [0.1, 0.15) is 16.5 Å². The van der Waals surface area contributed by atoms with E-state index in [4.69, 9.17) is 9.84 Å². The Morgan fingerprint density at radius 1 is 1.16 bits per heavy atom. The molecule has 0 amide bonds. The van der Waals surface area contributed by atoms with Crippen molar-refractivity contribution in [3.05, 3.63) is 47.7 Å². The van der Waals surface area contributed by atoms with E-state index in [1.807, 2.05) is 0 Å². The van der Waals surface area contributed by atoms with Crippen LogP contribution >= 0.6 is 0 Å². The third-order valence-electron chi connectivity index (χ3n) is 4.84. The second-order valence-electron chi connectivity index (χ2n) is 6.85. The van der Waals surface area contributed by atoms with Gasteiger partial charge in [-0.15, -0.1) is 0 Å². The molecule has 1 aromatic heterocycles. The summed E-state index contributed by atoms with van der Waals surface area (Å²) in [6, 6.07) is 6.37. The van der Waals surface area contributed by atoms with E-state index in [-0.39, 0.29) is 43.2 Å². The van der Waals surface area contributed by atoms with Crippen molar-refractivity contribution < 1.29 is 36.2 Å². The van der Waals surface area contributed by atoms with Crippen molar-refractivity contribution in [3.63, 3.8) is 0 Å². The predicted octanol–water partition coefficient (Wildman–Crippen LogP) is 2.25. The number of anilines is 1. The van der Waals surface area contributed by atoms with Crippen LogP contribution in [0.25, 0.3) is 0 Å². The van der Waals surface area contributed by atoms with E-state index < -0.39 is 27.7 Å². The molecule has 0 saturated carbocycles. The smallest absolute Gasteiger partial charge is 0.417 e. The van der Waals surface area contributed by atoms with Gasteiger partial charge in [-0.05, 0) is 29.8 Å². The van der Waals surface area contributed by atoms with Gasteiger partial charge in [0.05, 0.1) is 19.1 Å². The summed E-state index contributed by atoms with van der Waals surface area (Å²) in [5.41, 5.74) is -0.537. The van der Waals surface area contributed by atoms with Gasteiger partial charge >= 0.3 is 12.1 Å². The number of sulfonamides is 1. The van der Waals surface area contributed by atoms with Crippen molar-refractivity contribution in [2.75, 3.05) is 38.2 Å². The highest BCUT2D eigenvalue weighted by molar-refractivity contribution is 7.89. The van der Waals surface area contributed by atoms with Crippen molar-refractivity contribution in [1.82, 2.24) is 9.29 Å². The lowest BCUT2D eigenvalue weighted by atomic mass is 10.1. The number of alkyl halides is 3. The lowest BCUT2D eigenvalue weighted by molar-refractivity contribution is -0.138. The van der Waals surface area contributed by atoms with Gasteiger partial charge in [0.2, 0.25) is 10.0 Å². The van der Waals surface area contributed by atoms with Gasteiger partial charge in [0.15, 0.2) is 0 Å². The first-order valence-electron chi connectivity index (χ1n) is 9.19. The molecule has 1 aliphatic heterocycles. The molecule has 2 aromatic rings. The van der Waals surface area contributed by atoms with E-state index in [0.29, 0.717) is 11.4 Å². The SMILES string of the molecule is COc1ccc(CC(=O)O)cc1S(=O)(=O)N1CCN(c2ccc(C(F)(F)F)cn2)CC1. The second-order valence-corrected chi connectivity index (χ2v) is 8.76. The van der Waals surface area contributed by atoms with Crippen LogP contribution < -0.4 is 9.64 Å². The number of aliphatic carboxylic acids is 1. The summed E-state index contributed by atoms with van der Waals surface area (Å²) in [6.45, 7) is 0.623. The first kappa shape index (κ1) is 22.8. The fourth-order valence-corrected chi connectivity index (χ4v) is 4.87. The number of hydrogen-bond acceptors (Lipinski definition) is 6. The van der Waals surface area contributed by atoms with Crippen molar-refractivity contribution >= 4 is 21.8 Å². The molecule has 1 N–H and O–H groups in total. The molecular formula is C19H20F3N3O5S. The highest BCUT2D eigenvalue weighted by Gasteiger charge is 2.33. The maximum absolute atomic E-state index is 13.1. The molecule has 0 spiro atoms. The number of nitrogens with zero attached hydrogens (tertiary/aromatic N) is 3. The van der Waals surface area contributed by atoms with Gasteiger partial charge in [0.25, 0.3) is 0 Å². The Morgan fingerprint density at radius 3 is 2.35 bits per heavy atom. The minimum absolute atomic E-state index is 0.0807. The third kappa shape index (κ3) is 5.07. The molecule has 0 bridgehead atoms. The molecule has 1 aromatic carbocycles. The maximum Gasteiger partial charge on any atom is 0.417 e. The topological polar surface area (TPSA) is 100 Å². The average Bonchev–Trinajstić information content (AvgIpc) is 2.73. The molecule has 1 fully saturated rings. The zero-order chi connectivity index (χ0) is 22.8. The van der Waals surface area contributed by atoms with Crippen LogP contribution in [-0.2, 0) is 27.4 Å². The monoisotopic (exact) mass is 459 g/mol.